The normalized spacial score (nSPS) is 13.9. The SMILES string of the molecule is CCCN(CCC)Sc1cc2c(cc1Br)CCN2C(C)=O. The molecule has 0 spiro atoms. The Balaban J connectivity index is 2.24. The van der Waals surface area contributed by atoms with Crippen molar-refractivity contribution in [1.29, 1.82) is 0 Å². The predicted octanol–water partition coefficient (Wildman–Crippen LogP) is 4.49. The highest BCUT2D eigenvalue weighted by Crippen LogP contribution is 2.39. The Morgan fingerprint density at radius 1 is 1.33 bits per heavy atom. The van der Waals surface area contributed by atoms with Crippen molar-refractivity contribution in [3.63, 3.8) is 0 Å². The Morgan fingerprint density at radius 2 is 2.00 bits per heavy atom. The second-order valence-electron chi connectivity index (χ2n) is 5.35. The van der Waals surface area contributed by atoms with Gasteiger partial charge in [-0.2, -0.15) is 0 Å². The molecule has 0 fully saturated rings. The third kappa shape index (κ3) is 4.02. The molecule has 2 rings (SSSR count). The van der Waals surface area contributed by atoms with E-state index < -0.39 is 0 Å². The Hall–Kier alpha value is -0.520. The van der Waals surface area contributed by atoms with E-state index in [1.807, 2.05) is 4.90 Å². The summed E-state index contributed by atoms with van der Waals surface area (Å²) in [4.78, 5) is 14.8. The van der Waals surface area contributed by atoms with Crippen LogP contribution in [0.5, 0.6) is 0 Å². The molecule has 1 aliphatic heterocycles. The number of amides is 1. The smallest absolute Gasteiger partial charge is 0.223 e. The van der Waals surface area contributed by atoms with Crippen LogP contribution in [0.4, 0.5) is 5.69 Å². The lowest BCUT2D eigenvalue weighted by Crippen LogP contribution is -2.25. The molecule has 0 bridgehead atoms. The topological polar surface area (TPSA) is 23.6 Å². The molecular weight excluding hydrogens is 348 g/mol. The Bertz CT molecular complexity index is 515. The molecule has 5 heteroatoms. The monoisotopic (exact) mass is 370 g/mol. The third-order valence-electron chi connectivity index (χ3n) is 3.58. The molecule has 0 atom stereocenters. The zero-order valence-corrected chi connectivity index (χ0v) is 15.4. The van der Waals surface area contributed by atoms with Crippen LogP contribution in [0.15, 0.2) is 21.5 Å². The van der Waals surface area contributed by atoms with Gasteiger partial charge in [-0.05, 0) is 64.8 Å². The van der Waals surface area contributed by atoms with E-state index in [-0.39, 0.29) is 5.91 Å². The minimum atomic E-state index is 0.131. The first kappa shape index (κ1) is 16.8. The van der Waals surface area contributed by atoms with Crippen LogP contribution < -0.4 is 4.90 Å². The van der Waals surface area contributed by atoms with E-state index in [1.54, 1.807) is 18.9 Å². The molecule has 0 saturated carbocycles. The molecule has 1 heterocycles. The lowest BCUT2D eigenvalue weighted by atomic mass is 10.2. The number of nitrogens with zero attached hydrogens (tertiary/aromatic N) is 2. The van der Waals surface area contributed by atoms with Crippen LogP contribution in [-0.2, 0) is 11.2 Å². The maximum atomic E-state index is 11.7. The first-order valence-corrected chi connectivity index (χ1v) is 9.16. The summed E-state index contributed by atoms with van der Waals surface area (Å²) in [5.74, 6) is 0.131. The standard InChI is InChI=1S/C16H23BrN2OS/c1-4-7-18(8-5-2)21-16-11-15-13(10-14(16)17)6-9-19(15)12(3)20/h10-11H,4-9H2,1-3H3. The van der Waals surface area contributed by atoms with E-state index in [0.717, 1.165) is 49.1 Å². The van der Waals surface area contributed by atoms with Gasteiger partial charge in [0.2, 0.25) is 5.91 Å². The Morgan fingerprint density at radius 3 is 2.57 bits per heavy atom. The maximum absolute atomic E-state index is 11.7. The zero-order chi connectivity index (χ0) is 15.4. The number of halogens is 1. The summed E-state index contributed by atoms with van der Waals surface area (Å²) in [6, 6.07) is 4.34. The van der Waals surface area contributed by atoms with Crippen LogP contribution in [0.3, 0.4) is 0 Å². The third-order valence-corrected chi connectivity index (χ3v) is 5.66. The molecule has 1 aliphatic rings. The average Bonchev–Trinajstić information content (AvgIpc) is 2.82. The highest BCUT2D eigenvalue weighted by molar-refractivity contribution is 9.10. The molecule has 3 nitrogen and oxygen atoms in total. The number of carbonyl (C=O) groups excluding carboxylic acids is 1. The summed E-state index contributed by atoms with van der Waals surface area (Å²) < 4.78 is 3.54. The highest BCUT2D eigenvalue weighted by Gasteiger charge is 2.24. The molecule has 0 radical (unpaired) electrons. The van der Waals surface area contributed by atoms with E-state index in [4.69, 9.17) is 0 Å². The summed E-state index contributed by atoms with van der Waals surface area (Å²) in [6.07, 6.45) is 3.25. The first-order valence-electron chi connectivity index (χ1n) is 7.60. The molecule has 0 aromatic heterocycles. The largest absolute Gasteiger partial charge is 0.312 e. The van der Waals surface area contributed by atoms with Gasteiger partial charge in [-0.25, -0.2) is 4.31 Å². The van der Waals surface area contributed by atoms with Gasteiger partial charge in [-0.3, -0.25) is 4.79 Å². The van der Waals surface area contributed by atoms with Gasteiger partial charge < -0.3 is 4.90 Å². The molecule has 0 saturated heterocycles. The van der Waals surface area contributed by atoms with Crippen molar-refractivity contribution < 1.29 is 4.79 Å². The summed E-state index contributed by atoms with van der Waals surface area (Å²) >= 11 is 5.48. The number of anilines is 1. The van der Waals surface area contributed by atoms with Crippen LogP contribution in [0.25, 0.3) is 0 Å². The van der Waals surface area contributed by atoms with Crippen molar-refractivity contribution in [3.8, 4) is 0 Å². The number of fused-ring (bicyclic) bond motifs is 1. The molecule has 1 aromatic carbocycles. The summed E-state index contributed by atoms with van der Waals surface area (Å²) in [5, 5.41) is 0. The van der Waals surface area contributed by atoms with Gasteiger partial charge in [-0.15, -0.1) is 0 Å². The molecular formula is C16H23BrN2OS. The Kier molecular flexibility index (Phi) is 6.14. The van der Waals surface area contributed by atoms with Crippen molar-refractivity contribution in [2.24, 2.45) is 0 Å². The predicted molar refractivity (Wildman–Crippen MR) is 93.9 cm³/mol. The number of benzene rings is 1. The van der Waals surface area contributed by atoms with Gasteiger partial charge in [-0.1, -0.05) is 13.8 Å². The maximum Gasteiger partial charge on any atom is 0.223 e. The van der Waals surface area contributed by atoms with Crippen LogP contribution >= 0.6 is 27.9 Å². The zero-order valence-electron chi connectivity index (χ0n) is 13.0. The van der Waals surface area contributed by atoms with Gasteiger partial charge in [0.05, 0.1) is 0 Å². The van der Waals surface area contributed by atoms with Gasteiger partial charge >= 0.3 is 0 Å². The van der Waals surface area contributed by atoms with Crippen molar-refractivity contribution in [1.82, 2.24) is 4.31 Å². The van der Waals surface area contributed by atoms with E-state index in [9.17, 15) is 4.79 Å². The van der Waals surface area contributed by atoms with E-state index >= 15 is 0 Å². The average molecular weight is 371 g/mol. The minimum Gasteiger partial charge on any atom is -0.312 e. The number of hydrogen-bond donors (Lipinski definition) is 0. The molecule has 0 unspecified atom stereocenters. The Labute approximate surface area is 140 Å². The lowest BCUT2D eigenvalue weighted by Gasteiger charge is -2.22. The lowest BCUT2D eigenvalue weighted by molar-refractivity contribution is -0.116. The molecule has 1 amide bonds. The summed E-state index contributed by atoms with van der Waals surface area (Å²) in [6.45, 7) is 9.02. The van der Waals surface area contributed by atoms with E-state index in [1.165, 1.54) is 10.5 Å². The van der Waals surface area contributed by atoms with Crippen molar-refractivity contribution in [2.45, 2.75) is 44.9 Å². The van der Waals surface area contributed by atoms with Crippen molar-refractivity contribution >= 4 is 39.5 Å². The van der Waals surface area contributed by atoms with E-state index in [2.05, 4.69) is 46.2 Å². The van der Waals surface area contributed by atoms with Gasteiger partial charge in [0.25, 0.3) is 0 Å². The van der Waals surface area contributed by atoms with Crippen LogP contribution in [0, 0.1) is 0 Å². The van der Waals surface area contributed by atoms with Crippen LogP contribution in [-0.4, -0.2) is 29.8 Å². The second-order valence-corrected chi connectivity index (χ2v) is 7.35. The first-order chi connectivity index (χ1) is 10.1. The van der Waals surface area contributed by atoms with E-state index in [0.29, 0.717) is 0 Å². The fourth-order valence-electron chi connectivity index (χ4n) is 2.63. The van der Waals surface area contributed by atoms with Crippen LogP contribution in [0.2, 0.25) is 0 Å². The quantitative estimate of drug-likeness (QED) is 0.689. The number of hydrogen-bond acceptors (Lipinski definition) is 3. The van der Waals surface area contributed by atoms with Gasteiger partial charge in [0.15, 0.2) is 0 Å². The summed E-state index contributed by atoms with van der Waals surface area (Å²) in [7, 11) is 0. The van der Waals surface area contributed by atoms with Gasteiger partial charge in [0.1, 0.15) is 0 Å². The summed E-state index contributed by atoms with van der Waals surface area (Å²) in [5.41, 5.74) is 2.35. The fourth-order valence-corrected chi connectivity index (χ4v) is 4.37. The van der Waals surface area contributed by atoms with Gasteiger partial charge in [0, 0.05) is 41.6 Å². The minimum absolute atomic E-state index is 0.131. The molecule has 0 aliphatic carbocycles. The molecule has 0 N–H and O–H groups in total. The fraction of sp³-hybridized carbons (Fsp3) is 0.562. The number of rotatable bonds is 6. The van der Waals surface area contributed by atoms with Crippen molar-refractivity contribution in [3.05, 3.63) is 22.2 Å². The molecule has 21 heavy (non-hydrogen) atoms. The highest BCUT2D eigenvalue weighted by atomic mass is 79.9. The number of carbonyl (C=O) groups is 1. The van der Waals surface area contributed by atoms with Crippen molar-refractivity contribution in [2.75, 3.05) is 24.5 Å². The molecule has 1 aromatic rings. The molecule has 116 valence electrons. The van der Waals surface area contributed by atoms with Crippen LogP contribution in [0.1, 0.15) is 39.2 Å². The second kappa shape index (κ2) is 7.65.